The van der Waals surface area contributed by atoms with Crippen molar-refractivity contribution in [3.63, 3.8) is 0 Å². The third-order valence-corrected chi connectivity index (χ3v) is 8.50. The van der Waals surface area contributed by atoms with Gasteiger partial charge < -0.3 is 24.9 Å². The zero-order chi connectivity index (χ0) is 33.5. The van der Waals surface area contributed by atoms with Gasteiger partial charge in [-0.15, -0.1) is 11.8 Å². The molecule has 0 saturated carbocycles. The first-order chi connectivity index (χ1) is 21.7. The summed E-state index contributed by atoms with van der Waals surface area (Å²) in [6.45, 7) is 6.38. The topological polar surface area (TPSA) is 134 Å². The quantitative estimate of drug-likeness (QED) is 0.108. The number of aliphatic hydroxyl groups is 1. The molecule has 2 aromatic heterocycles. The molecular formula is C33H48ClN5O5S. The highest BCUT2D eigenvalue weighted by atomic mass is 35.5. The minimum absolute atomic E-state index is 0.159. The van der Waals surface area contributed by atoms with Gasteiger partial charge in [0.2, 0.25) is 0 Å². The maximum Gasteiger partial charge on any atom is 0.302 e. The largest absolute Gasteiger partial charge is 0.466 e. The van der Waals surface area contributed by atoms with E-state index in [-0.39, 0.29) is 12.6 Å². The fourth-order valence-corrected chi connectivity index (χ4v) is 6.43. The minimum Gasteiger partial charge on any atom is -0.466 e. The van der Waals surface area contributed by atoms with E-state index in [1.54, 1.807) is 39.1 Å². The number of halogens is 1. The molecule has 0 atom stereocenters. The number of esters is 1. The molecular weight excluding hydrogens is 614 g/mol. The van der Waals surface area contributed by atoms with Gasteiger partial charge in [-0.1, -0.05) is 31.5 Å². The number of fused-ring (bicyclic) bond motifs is 2. The van der Waals surface area contributed by atoms with Gasteiger partial charge in [0.25, 0.3) is 0 Å². The average Bonchev–Trinajstić information content (AvgIpc) is 3.53. The van der Waals surface area contributed by atoms with Gasteiger partial charge in [-0.2, -0.15) is 5.10 Å². The number of aromatic nitrogens is 3. The Hall–Kier alpha value is -3.12. The van der Waals surface area contributed by atoms with E-state index in [1.807, 2.05) is 37.6 Å². The summed E-state index contributed by atoms with van der Waals surface area (Å²) in [5, 5.41) is 16.0. The van der Waals surface area contributed by atoms with Crippen molar-refractivity contribution < 1.29 is 24.2 Å². The number of ether oxygens (including phenoxy) is 2. The second-order valence-corrected chi connectivity index (χ2v) is 11.6. The molecule has 3 aromatic rings. The number of aldehydes is 1. The Morgan fingerprint density at radius 3 is 2.58 bits per heavy atom. The van der Waals surface area contributed by atoms with Crippen molar-refractivity contribution in [2.24, 2.45) is 17.8 Å². The zero-order valence-corrected chi connectivity index (χ0v) is 29.2. The molecule has 0 spiro atoms. The maximum atomic E-state index is 12.3. The van der Waals surface area contributed by atoms with Gasteiger partial charge in [0.05, 0.1) is 40.9 Å². The number of aliphatic imine (C=N–C) groups is 1. The lowest BCUT2D eigenvalue weighted by Gasteiger charge is -2.16. The first-order valence-electron chi connectivity index (χ1n) is 15.2. The number of hydrogen-bond donors (Lipinski definition) is 2. The highest BCUT2D eigenvalue weighted by Gasteiger charge is 2.27. The van der Waals surface area contributed by atoms with Crippen LogP contribution in [0, 0.1) is 0 Å². The summed E-state index contributed by atoms with van der Waals surface area (Å²) in [5.41, 5.74) is 13.8. The van der Waals surface area contributed by atoms with Crippen LogP contribution in [-0.2, 0) is 46.5 Å². The summed E-state index contributed by atoms with van der Waals surface area (Å²) in [6, 6.07) is 3.87. The normalized spacial score (nSPS) is 13.0. The van der Waals surface area contributed by atoms with Crippen LogP contribution in [0.4, 0.5) is 0 Å². The van der Waals surface area contributed by atoms with Crippen molar-refractivity contribution >= 4 is 52.2 Å². The van der Waals surface area contributed by atoms with Crippen molar-refractivity contribution in [1.29, 1.82) is 0 Å². The van der Waals surface area contributed by atoms with Crippen LogP contribution in [0.3, 0.4) is 0 Å². The average molecular weight is 662 g/mol. The second kappa shape index (κ2) is 19.4. The summed E-state index contributed by atoms with van der Waals surface area (Å²) in [4.78, 5) is 27.5. The molecule has 0 bridgehead atoms. The van der Waals surface area contributed by atoms with Crippen LogP contribution in [0.15, 0.2) is 28.9 Å². The van der Waals surface area contributed by atoms with Crippen LogP contribution >= 0.6 is 23.4 Å². The molecule has 3 heterocycles. The van der Waals surface area contributed by atoms with E-state index in [2.05, 4.69) is 14.4 Å². The zero-order valence-electron chi connectivity index (χ0n) is 27.6. The Kier molecular flexibility index (Phi) is 16.4. The first kappa shape index (κ1) is 38.1. The molecule has 0 unspecified atom stereocenters. The molecule has 1 aromatic carbocycles. The monoisotopic (exact) mass is 661 g/mol. The van der Waals surface area contributed by atoms with Crippen molar-refractivity contribution in [3.8, 4) is 11.1 Å². The van der Waals surface area contributed by atoms with Gasteiger partial charge in [-0.25, -0.2) is 0 Å². The SMILES string of the molecule is CC.CN=C(/C=C(\N)CSCc1nn2c(c1-c1c(Cl)ccc3c(CCCOC(C)=O)c(C=O)n(C)c13)CCCC2)CO.COC. The van der Waals surface area contributed by atoms with Crippen molar-refractivity contribution in [2.45, 2.75) is 65.2 Å². The molecule has 248 valence electrons. The number of thioether (sulfide) groups is 1. The Morgan fingerprint density at radius 1 is 1.24 bits per heavy atom. The van der Waals surface area contributed by atoms with E-state index in [1.165, 1.54) is 6.92 Å². The van der Waals surface area contributed by atoms with Crippen molar-refractivity contribution in [3.05, 3.63) is 51.6 Å². The molecule has 4 rings (SSSR count). The van der Waals surface area contributed by atoms with E-state index in [9.17, 15) is 14.7 Å². The van der Waals surface area contributed by atoms with Crippen LogP contribution in [-0.4, -0.2) is 77.7 Å². The van der Waals surface area contributed by atoms with E-state index in [0.717, 1.165) is 71.1 Å². The predicted octanol–water partition coefficient (Wildman–Crippen LogP) is 5.77. The van der Waals surface area contributed by atoms with Gasteiger partial charge in [0.1, 0.15) is 0 Å². The molecule has 1 aliphatic rings. The first-order valence-corrected chi connectivity index (χ1v) is 16.7. The predicted molar refractivity (Wildman–Crippen MR) is 186 cm³/mol. The highest BCUT2D eigenvalue weighted by Crippen LogP contribution is 2.43. The van der Waals surface area contributed by atoms with Gasteiger partial charge in [-0.05, 0) is 49.8 Å². The minimum atomic E-state index is -0.316. The maximum absolute atomic E-state index is 12.3. The van der Waals surface area contributed by atoms with E-state index < -0.39 is 0 Å². The molecule has 3 N–H and O–H groups in total. The molecule has 45 heavy (non-hydrogen) atoms. The lowest BCUT2D eigenvalue weighted by atomic mass is 9.95. The smallest absolute Gasteiger partial charge is 0.302 e. The van der Waals surface area contributed by atoms with Crippen LogP contribution < -0.4 is 5.73 Å². The molecule has 10 nitrogen and oxygen atoms in total. The molecule has 0 radical (unpaired) electrons. The Bertz CT molecular complexity index is 1490. The van der Waals surface area contributed by atoms with E-state index >= 15 is 0 Å². The standard InChI is InChI=1S/C29H36ClN5O4S.C2H6O.C2H6/c1-18(38)39-12-6-7-21-22-9-10-23(30)27(29(22)34(3)26(21)15-37)28-24(33-35-11-5-4-8-25(28)35)17-40-16-19(31)13-20(14-36)32-2;1-3-2;1-2/h9-10,13,15,36H,4-8,11-12,14,16-17,31H2,1-3H3;1-2H3;1-2H3/b19-13-,32-20?;;. The number of nitrogens with two attached hydrogens (primary N) is 1. The summed E-state index contributed by atoms with van der Waals surface area (Å²) < 4.78 is 13.4. The lowest BCUT2D eigenvalue weighted by molar-refractivity contribution is -0.141. The number of methoxy groups -OCH3 is 1. The molecule has 1 aliphatic heterocycles. The number of benzene rings is 1. The molecule has 0 fully saturated rings. The number of nitrogens with zero attached hydrogens (tertiary/aromatic N) is 4. The number of hydrogen-bond acceptors (Lipinski definition) is 9. The van der Waals surface area contributed by atoms with Gasteiger partial charge in [-0.3, -0.25) is 19.3 Å². The summed E-state index contributed by atoms with van der Waals surface area (Å²) in [6.07, 6.45) is 6.84. The molecule has 12 heteroatoms. The second-order valence-electron chi connectivity index (χ2n) is 10.2. The van der Waals surface area contributed by atoms with Crippen LogP contribution in [0.5, 0.6) is 0 Å². The summed E-state index contributed by atoms with van der Waals surface area (Å²) in [5.74, 6) is 0.863. The number of carbonyl (C=O) groups is 2. The molecule has 0 aliphatic carbocycles. The Balaban J connectivity index is 0.00000133. The van der Waals surface area contributed by atoms with E-state index in [0.29, 0.717) is 53.1 Å². The van der Waals surface area contributed by atoms with Crippen LogP contribution in [0.1, 0.15) is 67.5 Å². The number of aliphatic hydroxyl groups excluding tert-OH is 1. The summed E-state index contributed by atoms with van der Waals surface area (Å²) >= 11 is 8.59. The van der Waals surface area contributed by atoms with Crippen molar-refractivity contribution in [1.82, 2.24) is 14.3 Å². The third kappa shape index (κ3) is 9.68. The van der Waals surface area contributed by atoms with Gasteiger partial charge in [0.15, 0.2) is 6.29 Å². The van der Waals surface area contributed by atoms with Crippen LogP contribution in [0.25, 0.3) is 22.0 Å². The fourth-order valence-electron chi connectivity index (χ4n) is 5.37. The Morgan fingerprint density at radius 2 is 1.96 bits per heavy atom. The fraction of sp³-hybridized carbons (Fsp3) is 0.515. The van der Waals surface area contributed by atoms with Gasteiger partial charge in [0, 0.05) is 81.2 Å². The lowest BCUT2D eigenvalue weighted by Crippen LogP contribution is -2.11. The van der Waals surface area contributed by atoms with Gasteiger partial charge >= 0.3 is 5.97 Å². The third-order valence-electron chi connectivity index (χ3n) is 7.17. The Labute approximate surface area is 276 Å². The number of carbonyl (C=O) groups excluding carboxylic acids is 2. The highest BCUT2D eigenvalue weighted by molar-refractivity contribution is 7.98. The molecule has 0 amide bonds. The van der Waals surface area contributed by atoms with Crippen molar-refractivity contribution in [2.75, 3.05) is 40.2 Å². The van der Waals surface area contributed by atoms with Crippen LogP contribution in [0.2, 0.25) is 5.02 Å². The number of aryl methyl sites for hydroxylation is 3. The van der Waals surface area contributed by atoms with E-state index in [4.69, 9.17) is 27.2 Å². The summed E-state index contributed by atoms with van der Waals surface area (Å²) in [7, 11) is 6.77. The number of rotatable bonds is 12. The molecule has 0 saturated heterocycles.